The van der Waals surface area contributed by atoms with Crippen molar-refractivity contribution in [2.75, 3.05) is 11.6 Å². The average Bonchev–Trinajstić information content (AvgIpc) is 2.43. The number of benzene rings is 2. The van der Waals surface area contributed by atoms with Gasteiger partial charge >= 0.3 is 0 Å². The van der Waals surface area contributed by atoms with E-state index >= 15 is 0 Å². The SMILES string of the molecule is CSc1ccccc1NCc1c(F)ccc(Br)c1F. The highest BCUT2D eigenvalue weighted by atomic mass is 79.9. The fourth-order valence-electron chi connectivity index (χ4n) is 1.71. The molecule has 0 amide bonds. The van der Waals surface area contributed by atoms with Crippen LogP contribution in [0.4, 0.5) is 14.5 Å². The minimum absolute atomic E-state index is 0.0327. The molecule has 1 N–H and O–H groups in total. The fraction of sp³-hybridized carbons (Fsp3) is 0.143. The summed E-state index contributed by atoms with van der Waals surface area (Å²) in [5.74, 6) is -1.11. The maximum atomic E-state index is 13.8. The number of anilines is 1. The van der Waals surface area contributed by atoms with Crippen LogP contribution in [0.1, 0.15) is 5.56 Å². The Kier molecular flexibility index (Phi) is 4.82. The topological polar surface area (TPSA) is 12.0 Å². The van der Waals surface area contributed by atoms with Crippen molar-refractivity contribution >= 4 is 33.4 Å². The second-order valence-corrected chi connectivity index (χ2v) is 5.58. The Labute approximate surface area is 123 Å². The standard InChI is InChI=1S/C14H12BrF2NS/c1-19-13-5-3-2-4-12(13)18-8-9-11(16)7-6-10(15)14(9)17/h2-7,18H,8H2,1H3. The highest BCUT2D eigenvalue weighted by molar-refractivity contribution is 9.10. The van der Waals surface area contributed by atoms with Crippen molar-refractivity contribution in [3.05, 3.63) is 58.1 Å². The predicted octanol–water partition coefficient (Wildman–Crippen LogP) is 5.06. The summed E-state index contributed by atoms with van der Waals surface area (Å²) in [4.78, 5) is 1.04. The summed E-state index contributed by atoms with van der Waals surface area (Å²) in [7, 11) is 0. The van der Waals surface area contributed by atoms with E-state index in [4.69, 9.17) is 0 Å². The van der Waals surface area contributed by atoms with E-state index in [1.165, 1.54) is 12.1 Å². The molecule has 0 spiro atoms. The third kappa shape index (κ3) is 3.28. The molecule has 0 saturated heterocycles. The van der Waals surface area contributed by atoms with E-state index < -0.39 is 11.6 Å². The van der Waals surface area contributed by atoms with E-state index in [-0.39, 0.29) is 16.6 Å². The van der Waals surface area contributed by atoms with Gasteiger partial charge in [-0.3, -0.25) is 0 Å². The molecule has 1 nitrogen and oxygen atoms in total. The Morgan fingerprint density at radius 1 is 1.16 bits per heavy atom. The van der Waals surface area contributed by atoms with Crippen molar-refractivity contribution in [2.24, 2.45) is 0 Å². The van der Waals surface area contributed by atoms with Gasteiger partial charge < -0.3 is 5.32 Å². The Morgan fingerprint density at radius 2 is 1.89 bits per heavy atom. The first-order chi connectivity index (χ1) is 9.13. The first kappa shape index (κ1) is 14.3. The molecule has 2 rings (SSSR count). The van der Waals surface area contributed by atoms with Gasteiger partial charge in [0.05, 0.1) is 4.47 Å². The molecule has 0 saturated carbocycles. The first-order valence-electron chi connectivity index (χ1n) is 5.62. The van der Waals surface area contributed by atoms with E-state index in [0.29, 0.717) is 0 Å². The van der Waals surface area contributed by atoms with Crippen molar-refractivity contribution in [1.29, 1.82) is 0 Å². The second kappa shape index (κ2) is 6.39. The average molecular weight is 344 g/mol. The predicted molar refractivity (Wildman–Crippen MR) is 79.6 cm³/mol. The van der Waals surface area contributed by atoms with Gasteiger partial charge in [0.25, 0.3) is 0 Å². The number of thioether (sulfide) groups is 1. The van der Waals surface area contributed by atoms with Crippen LogP contribution in [0.15, 0.2) is 45.8 Å². The summed E-state index contributed by atoms with van der Waals surface area (Å²) >= 11 is 4.64. The van der Waals surface area contributed by atoms with Gasteiger partial charge in [0.15, 0.2) is 0 Å². The quantitative estimate of drug-likeness (QED) is 0.615. The molecule has 0 atom stereocenters. The van der Waals surface area contributed by atoms with Crippen molar-refractivity contribution < 1.29 is 8.78 Å². The summed E-state index contributed by atoms with van der Waals surface area (Å²) in [6.07, 6.45) is 1.96. The molecular weight excluding hydrogens is 332 g/mol. The minimum Gasteiger partial charge on any atom is -0.380 e. The van der Waals surface area contributed by atoms with Crippen LogP contribution in [0.25, 0.3) is 0 Å². The zero-order valence-corrected chi connectivity index (χ0v) is 12.6. The van der Waals surface area contributed by atoms with Gasteiger partial charge in [-0.2, -0.15) is 0 Å². The largest absolute Gasteiger partial charge is 0.380 e. The number of hydrogen-bond acceptors (Lipinski definition) is 2. The smallest absolute Gasteiger partial charge is 0.145 e. The summed E-state index contributed by atoms with van der Waals surface area (Å²) < 4.78 is 27.7. The molecule has 5 heteroatoms. The van der Waals surface area contributed by atoms with Gasteiger partial charge in [-0.25, -0.2) is 8.78 Å². The summed E-state index contributed by atoms with van der Waals surface area (Å²) in [5, 5.41) is 3.07. The van der Waals surface area contributed by atoms with Crippen LogP contribution >= 0.6 is 27.7 Å². The minimum atomic E-state index is -0.561. The van der Waals surface area contributed by atoms with Crippen molar-refractivity contribution in [3.63, 3.8) is 0 Å². The molecule has 0 heterocycles. The maximum absolute atomic E-state index is 13.8. The number of halogens is 3. The van der Waals surface area contributed by atoms with Crippen LogP contribution in [0.5, 0.6) is 0 Å². The van der Waals surface area contributed by atoms with Gasteiger partial charge in [-0.1, -0.05) is 12.1 Å². The molecule has 0 bridgehead atoms. The van der Waals surface area contributed by atoms with E-state index in [0.717, 1.165) is 10.6 Å². The van der Waals surface area contributed by atoms with E-state index in [9.17, 15) is 8.78 Å². The second-order valence-electron chi connectivity index (χ2n) is 3.88. The molecule has 2 aromatic rings. The molecule has 0 fully saturated rings. The van der Waals surface area contributed by atoms with Crippen LogP contribution in [0, 0.1) is 11.6 Å². The fourth-order valence-corrected chi connectivity index (χ4v) is 2.65. The van der Waals surface area contributed by atoms with Gasteiger partial charge in [0, 0.05) is 22.7 Å². The molecule has 2 aromatic carbocycles. The first-order valence-corrected chi connectivity index (χ1v) is 7.64. The number of para-hydroxylation sites is 1. The van der Waals surface area contributed by atoms with Crippen LogP contribution in [-0.2, 0) is 6.54 Å². The van der Waals surface area contributed by atoms with Gasteiger partial charge in [0.2, 0.25) is 0 Å². The summed E-state index contributed by atoms with van der Waals surface area (Å²) in [6, 6.07) is 10.3. The number of nitrogens with one attached hydrogen (secondary N) is 1. The lowest BCUT2D eigenvalue weighted by Crippen LogP contribution is -2.05. The van der Waals surface area contributed by atoms with Crippen molar-refractivity contribution in [3.8, 4) is 0 Å². The molecule has 0 aromatic heterocycles. The number of rotatable bonds is 4. The normalized spacial score (nSPS) is 10.5. The van der Waals surface area contributed by atoms with E-state index in [2.05, 4.69) is 21.2 Å². The van der Waals surface area contributed by atoms with Crippen LogP contribution in [0.3, 0.4) is 0 Å². The lowest BCUT2D eigenvalue weighted by molar-refractivity contribution is 0.555. The number of hydrogen-bond donors (Lipinski definition) is 1. The molecule has 0 aliphatic heterocycles. The van der Waals surface area contributed by atoms with Crippen molar-refractivity contribution in [2.45, 2.75) is 11.4 Å². The van der Waals surface area contributed by atoms with Gasteiger partial charge in [-0.05, 0) is 46.5 Å². The Bertz CT molecular complexity index is 590. The Balaban J connectivity index is 2.21. The van der Waals surface area contributed by atoms with Gasteiger partial charge in [0.1, 0.15) is 11.6 Å². The molecule has 0 aliphatic rings. The summed E-state index contributed by atoms with van der Waals surface area (Å²) in [5.41, 5.74) is 0.902. The molecule has 0 aliphatic carbocycles. The molecule has 0 radical (unpaired) electrons. The zero-order chi connectivity index (χ0) is 13.8. The highest BCUT2D eigenvalue weighted by Crippen LogP contribution is 2.27. The third-order valence-electron chi connectivity index (χ3n) is 2.70. The molecule has 19 heavy (non-hydrogen) atoms. The summed E-state index contributed by atoms with van der Waals surface area (Å²) in [6.45, 7) is 0.106. The lowest BCUT2D eigenvalue weighted by Gasteiger charge is -2.12. The van der Waals surface area contributed by atoms with E-state index in [1.807, 2.05) is 30.5 Å². The molecular formula is C14H12BrF2NS. The van der Waals surface area contributed by atoms with Gasteiger partial charge in [-0.15, -0.1) is 11.8 Å². The van der Waals surface area contributed by atoms with Crippen LogP contribution in [0.2, 0.25) is 0 Å². The van der Waals surface area contributed by atoms with Crippen LogP contribution in [-0.4, -0.2) is 6.26 Å². The Morgan fingerprint density at radius 3 is 2.63 bits per heavy atom. The highest BCUT2D eigenvalue weighted by Gasteiger charge is 2.12. The monoisotopic (exact) mass is 343 g/mol. The third-order valence-corrected chi connectivity index (χ3v) is 4.11. The maximum Gasteiger partial charge on any atom is 0.145 e. The van der Waals surface area contributed by atoms with Crippen molar-refractivity contribution in [1.82, 2.24) is 0 Å². The van der Waals surface area contributed by atoms with Crippen LogP contribution < -0.4 is 5.32 Å². The Hall–Kier alpha value is -1.07. The molecule has 100 valence electrons. The zero-order valence-electron chi connectivity index (χ0n) is 10.2. The molecule has 0 unspecified atom stereocenters. The van der Waals surface area contributed by atoms with E-state index in [1.54, 1.807) is 11.8 Å². The lowest BCUT2D eigenvalue weighted by atomic mass is 10.2.